The zero-order valence-electron chi connectivity index (χ0n) is 13.4. The van der Waals surface area contributed by atoms with Gasteiger partial charge in [-0.3, -0.25) is 9.59 Å². The molecule has 4 nitrogen and oxygen atoms in total. The van der Waals surface area contributed by atoms with Gasteiger partial charge < -0.3 is 10.1 Å². The zero-order valence-corrected chi connectivity index (χ0v) is 13.4. The van der Waals surface area contributed by atoms with Gasteiger partial charge in [-0.1, -0.05) is 20.8 Å². The highest BCUT2D eigenvalue weighted by Gasteiger charge is 2.32. The fraction of sp³-hybridized carbons (Fsp3) is 0.529. The second kappa shape index (κ2) is 6.46. The number of hydrogen-bond donors (Lipinski definition) is 1. The molecule has 22 heavy (non-hydrogen) atoms. The third kappa shape index (κ3) is 3.29. The van der Waals surface area contributed by atoms with Crippen LogP contribution in [0.2, 0.25) is 0 Å². The Morgan fingerprint density at radius 1 is 1.41 bits per heavy atom. The van der Waals surface area contributed by atoms with Crippen LogP contribution in [0.5, 0.6) is 5.75 Å². The first-order valence-corrected chi connectivity index (χ1v) is 7.59. The highest BCUT2D eigenvalue weighted by atomic mass is 19.1. The normalized spacial score (nSPS) is 18.3. The molecule has 0 saturated carbocycles. The average Bonchev–Trinajstić information content (AvgIpc) is 2.74. The Morgan fingerprint density at radius 3 is 2.73 bits per heavy atom. The molecular formula is C17H22FNO3. The number of carbonyl (C=O) groups is 2. The van der Waals surface area contributed by atoms with Crippen molar-refractivity contribution in [3.8, 4) is 5.75 Å². The third-order valence-corrected chi connectivity index (χ3v) is 4.16. The molecule has 0 aromatic heterocycles. The highest BCUT2D eigenvalue weighted by molar-refractivity contribution is 6.03. The number of carbonyl (C=O) groups excluding carboxylic acids is 2. The summed E-state index contributed by atoms with van der Waals surface area (Å²) in [5.74, 6) is -0.315. The van der Waals surface area contributed by atoms with Crippen LogP contribution in [0.15, 0.2) is 12.1 Å². The summed E-state index contributed by atoms with van der Waals surface area (Å²) < 4.78 is 19.3. The molecule has 0 bridgehead atoms. The number of Topliss-reactive ketones (excluding diaryl/α,β-unsaturated/α-hetero) is 1. The lowest BCUT2D eigenvalue weighted by atomic mass is 10.0. The van der Waals surface area contributed by atoms with E-state index in [9.17, 15) is 14.0 Å². The second-order valence-corrected chi connectivity index (χ2v) is 6.25. The van der Waals surface area contributed by atoms with Gasteiger partial charge in [0.05, 0.1) is 5.56 Å². The summed E-state index contributed by atoms with van der Waals surface area (Å²) in [4.78, 5) is 23.9. The van der Waals surface area contributed by atoms with E-state index in [1.807, 2.05) is 27.7 Å². The first kappa shape index (κ1) is 16.5. The van der Waals surface area contributed by atoms with E-state index in [-0.39, 0.29) is 48.0 Å². The molecule has 0 spiro atoms. The number of hydrogen-bond acceptors (Lipinski definition) is 3. The number of ether oxygens (including phenoxy) is 1. The molecule has 0 fully saturated rings. The van der Waals surface area contributed by atoms with E-state index in [0.717, 1.165) is 0 Å². The summed E-state index contributed by atoms with van der Waals surface area (Å²) in [6.45, 7) is 7.57. The standard InChI is InChI=1S/C17H22FNO3/c1-9(2)11(4)19-15(21)8-22-14-6-5-12(18)16-10(3)7-13(20)17(14)16/h5-6,9-11H,7-8H2,1-4H3,(H,19,21)/t10-,11-/m1/s1. The Labute approximate surface area is 130 Å². The quantitative estimate of drug-likeness (QED) is 0.909. The van der Waals surface area contributed by atoms with Gasteiger partial charge in [-0.25, -0.2) is 4.39 Å². The third-order valence-electron chi connectivity index (χ3n) is 4.16. The van der Waals surface area contributed by atoms with Crippen molar-refractivity contribution >= 4 is 11.7 Å². The summed E-state index contributed by atoms with van der Waals surface area (Å²) in [6, 6.07) is 2.75. The molecule has 0 radical (unpaired) electrons. The number of benzene rings is 1. The first-order valence-electron chi connectivity index (χ1n) is 7.59. The largest absolute Gasteiger partial charge is 0.483 e. The summed E-state index contributed by atoms with van der Waals surface area (Å²) >= 11 is 0. The van der Waals surface area contributed by atoms with E-state index in [4.69, 9.17) is 4.74 Å². The molecule has 1 aliphatic rings. The average molecular weight is 307 g/mol. The number of nitrogens with one attached hydrogen (secondary N) is 1. The lowest BCUT2D eigenvalue weighted by Crippen LogP contribution is -2.39. The SMILES string of the molecule is CC(C)[C@@H](C)NC(=O)COc1ccc(F)c2c1C(=O)C[C@H]2C. The van der Waals surface area contributed by atoms with Crippen molar-refractivity contribution < 1.29 is 18.7 Å². The number of fused-ring (bicyclic) bond motifs is 1. The van der Waals surface area contributed by atoms with Gasteiger partial charge in [0.1, 0.15) is 11.6 Å². The van der Waals surface area contributed by atoms with Crippen LogP contribution in [0, 0.1) is 11.7 Å². The van der Waals surface area contributed by atoms with E-state index in [1.54, 1.807) is 0 Å². The number of amides is 1. The summed E-state index contributed by atoms with van der Waals surface area (Å²) in [6.07, 6.45) is 0.281. The predicted molar refractivity (Wildman–Crippen MR) is 81.7 cm³/mol. The first-order chi connectivity index (χ1) is 10.3. The molecule has 0 aliphatic heterocycles. The van der Waals surface area contributed by atoms with E-state index >= 15 is 0 Å². The van der Waals surface area contributed by atoms with Gasteiger partial charge in [0.25, 0.3) is 5.91 Å². The number of rotatable bonds is 5. The van der Waals surface area contributed by atoms with E-state index in [0.29, 0.717) is 11.5 Å². The van der Waals surface area contributed by atoms with Gasteiger partial charge in [0.2, 0.25) is 0 Å². The van der Waals surface area contributed by atoms with Crippen LogP contribution in [-0.4, -0.2) is 24.3 Å². The molecule has 1 aliphatic carbocycles. The molecule has 2 rings (SSSR count). The Hall–Kier alpha value is -1.91. The van der Waals surface area contributed by atoms with Gasteiger partial charge in [0.15, 0.2) is 12.4 Å². The molecule has 1 N–H and O–H groups in total. The molecule has 1 aromatic carbocycles. The van der Waals surface area contributed by atoms with Crippen LogP contribution in [-0.2, 0) is 4.79 Å². The highest BCUT2D eigenvalue weighted by Crippen LogP contribution is 2.39. The minimum absolute atomic E-state index is 0.0386. The molecule has 0 unspecified atom stereocenters. The van der Waals surface area contributed by atoms with Gasteiger partial charge in [-0.05, 0) is 30.9 Å². The number of ketones is 1. The van der Waals surface area contributed by atoms with Gasteiger partial charge >= 0.3 is 0 Å². The predicted octanol–water partition coefficient (Wildman–Crippen LogP) is 3.06. The van der Waals surface area contributed by atoms with E-state index < -0.39 is 5.82 Å². The van der Waals surface area contributed by atoms with Crippen molar-refractivity contribution in [3.05, 3.63) is 29.1 Å². The maximum Gasteiger partial charge on any atom is 0.258 e. The molecule has 120 valence electrons. The Morgan fingerprint density at radius 2 is 2.09 bits per heavy atom. The van der Waals surface area contributed by atoms with Crippen molar-refractivity contribution in [2.75, 3.05) is 6.61 Å². The second-order valence-electron chi connectivity index (χ2n) is 6.25. The van der Waals surface area contributed by atoms with Gasteiger partial charge in [-0.2, -0.15) is 0 Å². The van der Waals surface area contributed by atoms with Crippen LogP contribution in [0.4, 0.5) is 4.39 Å². The Balaban J connectivity index is 2.09. The summed E-state index contributed by atoms with van der Waals surface area (Å²) in [5.41, 5.74) is 0.690. The van der Waals surface area contributed by atoms with Gasteiger partial charge in [-0.15, -0.1) is 0 Å². The van der Waals surface area contributed by atoms with Gasteiger partial charge in [0, 0.05) is 18.0 Å². The molecule has 0 saturated heterocycles. The Kier molecular flexibility index (Phi) is 4.84. The number of halogens is 1. The lowest BCUT2D eigenvalue weighted by molar-refractivity contribution is -0.124. The van der Waals surface area contributed by atoms with Crippen LogP contribution in [0.3, 0.4) is 0 Å². The van der Waals surface area contributed by atoms with Crippen LogP contribution >= 0.6 is 0 Å². The maximum absolute atomic E-state index is 13.9. The molecule has 1 aromatic rings. The molecule has 5 heteroatoms. The molecular weight excluding hydrogens is 285 g/mol. The van der Waals surface area contributed by atoms with Crippen molar-refractivity contribution in [3.63, 3.8) is 0 Å². The lowest BCUT2D eigenvalue weighted by Gasteiger charge is -2.18. The van der Waals surface area contributed by atoms with E-state index in [2.05, 4.69) is 5.32 Å². The fourth-order valence-electron chi connectivity index (χ4n) is 2.55. The van der Waals surface area contributed by atoms with Crippen molar-refractivity contribution in [2.24, 2.45) is 5.92 Å². The fourth-order valence-corrected chi connectivity index (χ4v) is 2.55. The smallest absolute Gasteiger partial charge is 0.258 e. The van der Waals surface area contributed by atoms with Crippen LogP contribution < -0.4 is 10.1 Å². The topological polar surface area (TPSA) is 55.4 Å². The van der Waals surface area contributed by atoms with Crippen LogP contribution in [0.1, 0.15) is 56.0 Å². The monoisotopic (exact) mass is 307 g/mol. The van der Waals surface area contributed by atoms with Crippen LogP contribution in [0.25, 0.3) is 0 Å². The minimum atomic E-state index is -0.390. The summed E-state index contributed by atoms with van der Waals surface area (Å²) in [5, 5.41) is 2.83. The minimum Gasteiger partial charge on any atom is -0.483 e. The molecule has 1 amide bonds. The summed E-state index contributed by atoms with van der Waals surface area (Å²) in [7, 11) is 0. The zero-order chi connectivity index (χ0) is 16.4. The Bertz CT molecular complexity index is 598. The van der Waals surface area contributed by atoms with Crippen molar-refractivity contribution in [2.45, 2.75) is 46.1 Å². The van der Waals surface area contributed by atoms with Crippen molar-refractivity contribution in [1.29, 1.82) is 0 Å². The molecule has 2 atom stereocenters. The maximum atomic E-state index is 13.9. The molecule has 0 heterocycles. The van der Waals surface area contributed by atoms with Crippen molar-refractivity contribution in [1.82, 2.24) is 5.32 Å². The van der Waals surface area contributed by atoms with E-state index in [1.165, 1.54) is 12.1 Å².